The van der Waals surface area contributed by atoms with Crippen LogP contribution in [0.15, 0.2) is 36.4 Å². The lowest BCUT2D eigenvalue weighted by Gasteiger charge is -2.05. The van der Waals surface area contributed by atoms with E-state index >= 15 is 0 Å². The van der Waals surface area contributed by atoms with Crippen LogP contribution in [0.3, 0.4) is 0 Å². The molecule has 0 heterocycles. The van der Waals surface area contributed by atoms with Crippen LogP contribution in [0.2, 0.25) is 0 Å². The number of aliphatic carboxylic acids is 1. The van der Waals surface area contributed by atoms with Crippen LogP contribution in [0.1, 0.15) is 25.0 Å². The Morgan fingerprint density at radius 1 is 0.900 bits per heavy atom. The van der Waals surface area contributed by atoms with Crippen molar-refractivity contribution in [2.45, 2.75) is 26.7 Å². The van der Waals surface area contributed by atoms with Crippen LogP contribution in [0, 0.1) is 36.3 Å². The average Bonchev–Trinajstić information content (AvgIpc) is 2.62. The molecule has 0 radical (unpaired) electrons. The quantitative estimate of drug-likeness (QED) is 0.497. The van der Waals surface area contributed by atoms with Gasteiger partial charge in [0.2, 0.25) is 0 Å². The van der Waals surface area contributed by atoms with Crippen LogP contribution in [-0.2, 0) is 17.6 Å². The van der Waals surface area contributed by atoms with E-state index in [4.69, 9.17) is 10.2 Å². The Bertz CT molecular complexity index is 921. The molecule has 2 aromatic carbocycles. The van der Waals surface area contributed by atoms with Crippen molar-refractivity contribution in [2.24, 2.45) is 5.92 Å². The van der Waals surface area contributed by atoms with Crippen molar-refractivity contribution in [3.63, 3.8) is 0 Å². The highest BCUT2D eigenvalue weighted by Gasteiger charge is 2.30. The van der Waals surface area contributed by atoms with E-state index < -0.39 is 43.6 Å². The summed E-state index contributed by atoms with van der Waals surface area (Å²) in [5, 5.41) is 48.8. The number of hydrogen-bond donors (Lipinski definition) is 2. The van der Waals surface area contributed by atoms with Crippen molar-refractivity contribution in [1.29, 1.82) is 0 Å². The summed E-state index contributed by atoms with van der Waals surface area (Å²) in [4.78, 5) is 38.2. The number of carboxylic acids is 1. The fourth-order valence-corrected chi connectivity index (χ4v) is 2.41. The highest BCUT2D eigenvalue weighted by Crippen LogP contribution is 2.38. The summed E-state index contributed by atoms with van der Waals surface area (Å²) in [5.74, 6) is -1.34. The van der Waals surface area contributed by atoms with E-state index in [1.165, 1.54) is 5.56 Å². The highest BCUT2D eigenvalue weighted by atomic mass is 16.6. The molecule has 0 amide bonds. The van der Waals surface area contributed by atoms with E-state index in [9.17, 15) is 35.1 Å². The van der Waals surface area contributed by atoms with E-state index in [2.05, 4.69) is 13.8 Å². The summed E-state index contributed by atoms with van der Waals surface area (Å²) in [7, 11) is 0. The number of carboxylic acid groups (broad SMARTS) is 1. The Hall–Kier alpha value is -4.09. The van der Waals surface area contributed by atoms with Gasteiger partial charge in [-0.2, -0.15) is 0 Å². The predicted molar refractivity (Wildman–Crippen MR) is 104 cm³/mol. The third-order valence-corrected chi connectivity index (χ3v) is 3.68. The van der Waals surface area contributed by atoms with Gasteiger partial charge in [0.25, 0.3) is 11.4 Å². The molecule has 0 bridgehead atoms. The Labute approximate surface area is 169 Å². The van der Waals surface area contributed by atoms with Crippen molar-refractivity contribution in [1.82, 2.24) is 0 Å². The number of hydrogen-bond acceptors (Lipinski definition) is 8. The Morgan fingerprint density at radius 3 is 1.67 bits per heavy atom. The first-order valence-corrected chi connectivity index (χ1v) is 8.52. The molecular formula is C18H19N3O9. The molecule has 0 atom stereocenters. The second-order valence-corrected chi connectivity index (χ2v) is 6.59. The molecule has 2 N–H and O–H groups in total. The van der Waals surface area contributed by atoms with Gasteiger partial charge in [-0.15, -0.1) is 0 Å². The predicted octanol–water partition coefficient (Wildman–Crippen LogP) is 3.63. The monoisotopic (exact) mass is 421 g/mol. The molecule has 2 rings (SSSR count). The third kappa shape index (κ3) is 7.14. The molecular weight excluding hydrogens is 402 g/mol. The fraction of sp³-hybridized carbons (Fsp3) is 0.278. The number of nitro benzene ring substituents is 3. The zero-order valence-electron chi connectivity index (χ0n) is 16.0. The first-order chi connectivity index (χ1) is 13.9. The van der Waals surface area contributed by atoms with E-state index in [0.29, 0.717) is 18.1 Å². The molecule has 0 spiro atoms. The van der Waals surface area contributed by atoms with Gasteiger partial charge in [0.1, 0.15) is 0 Å². The van der Waals surface area contributed by atoms with Gasteiger partial charge in [-0.1, -0.05) is 38.1 Å². The summed E-state index contributed by atoms with van der Waals surface area (Å²) >= 11 is 0. The van der Waals surface area contributed by atoms with Gasteiger partial charge < -0.3 is 10.2 Å². The maximum absolute atomic E-state index is 10.4. The molecule has 0 unspecified atom stereocenters. The smallest absolute Gasteiger partial charge is 0.324 e. The number of rotatable bonds is 7. The topological polar surface area (TPSA) is 187 Å². The molecule has 0 aliphatic heterocycles. The number of carbonyl (C=O) groups is 1. The highest BCUT2D eigenvalue weighted by molar-refractivity contribution is 5.70. The molecule has 0 aliphatic carbocycles. The van der Waals surface area contributed by atoms with Crippen LogP contribution in [0.25, 0.3) is 0 Å². The van der Waals surface area contributed by atoms with E-state index in [0.717, 1.165) is 12.0 Å². The minimum absolute atomic E-state index is 0.113. The maximum atomic E-state index is 10.4. The Kier molecular flexibility index (Phi) is 8.34. The van der Waals surface area contributed by atoms with Crippen molar-refractivity contribution >= 4 is 23.0 Å². The summed E-state index contributed by atoms with van der Waals surface area (Å²) in [6, 6.07) is 8.71. The lowest BCUT2D eigenvalue weighted by Crippen LogP contribution is -2.00. The largest absolute Gasteiger partial charge is 0.497 e. The molecule has 0 saturated carbocycles. The molecule has 0 aromatic heterocycles. The molecule has 0 saturated heterocycles. The lowest BCUT2D eigenvalue weighted by atomic mass is 10.0. The number of nitro groups is 3. The van der Waals surface area contributed by atoms with Crippen molar-refractivity contribution in [3.05, 3.63) is 77.9 Å². The molecule has 12 nitrogen and oxygen atoms in total. The molecule has 160 valence electrons. The SMILES string of the molecule is CC(C)Cc1ccc(CC(=O)O)cc1.O=[N+]([O-])c1cc([N+](=O)[O-])c(O)c([N+](=O)[O-])c1. The number of nitrogens with zero attached hydrogens (tertiary/aromatic N) is 3. The molecule has 0 fully saturated rings. The molecule has 30 heavy (non-hydrogen) atoms. The number of phenols is 1. The second-order valence-electron chi connectivity index (χ2n) is 6.59. The molecule has 2 aromatic rings. The maximum Gasteiger partial charge on any atom is 0.324 e. The first-order valence-electron chi connectivity index (χ1n) is 8.52. The first kappa shape index (κ1) is 23.9. The van der Waals surface area contributed by atoms with Crippen LogP contribution in [-0.4, -0.2) is 31.0 Å². The van der Waals surface area contributed by atoms with Crippen molar-refractivity contribution < 1.29 is 29.8 Å². The van der Waals surface area contributed by atoms with Crippen LogP contribution < -0.4 is 0 Å². The Morgan fingerprint density at radius 2 is 1.33 bits per heavy atom. The van der Waals surface area contributed by atoms with Crippen LogP contribution >= 0.6 is 0 Å². The number of phenolic OH excluding ortho intramolecular Hbond substituents is 1. The minimum Gasteiger partial charge on any atom is -0.497 e. The summed E-state index contributed by atoms with van der Waals surface area (Å²) in [5.41, 5.74) is -0.864. The van der Waals surface area contributed by atoms with Crippen molar-refractivity contribution in [2.75, 3.05) is 0 Å². The summed E-state index contributed by atoms with van der Waals surface area (Å²) in [6.07, 6.45) is 1.16. The van der Waals surface area contributed by atoms with Gasteiger partial charge >= 0.3 is 17.3 Å². The van der Waals surface area contributed by atoms with Gasteiger partial charge in [0.05, 0.1) is 33.3 Å². The normalized spacial score (nSPS) is 10.1. The van der Waals surface area contributed by atoms with E-state index in [-0.39, 0.29) is 6.42 Å². The van der Waals surface area contributed by atoms with Gasteiger partial charge in [-0.25, -0.2) is 0 Å². The number of non-ortho nitro benzene ring substituents is 1. The zero-order valence-corrected chi connectivity index (χ0v) is 16.0. The number of benzene rings is 2. The lowest BCUT2D eigenvalue weighted by molar-refractivity contribution is -0.404. The van der Waals surface area contributed by atoms with E-state index in [1.807, 2.05) is 24.3 Å². The minimum atomic E-state index is -1.21. The molecule has 0 aliphatic rings. The standard InChI is InChI=1S/C12H16O2.C6H3N3O7/c1-9(2)7-10-3-5-11(6-4-10)8-12(13)14;10-6-4(8(13)14)1-3(7(11)12)2-5(6)9(15)16/h3-6,9H,7-8H2,1-2H3,(H,13,14);1-2,10H. The van der Waals surface area contributed by atoms with Gasteiger partial charge in [0.15, 0.2) is 0 Å². The van der Waals surface area contributed by atoms with Gasteiger partial charge in [-0.3, -0.25) is 35.1 Å². The Balaban J connectivity index is 0.000000303. The average molecular weight is 421 g/mol. The summed E-state index contributed by atoms with van der Waals surface area (Å²) in [6.45, 7) is 4.34. The third-order valence-electron chi connectivity index (χ3n) is 3.68. The second kappa shape index (κ2) is 10.5. The van der Waals surface area contributed by atoms with Crippen molar-refractivity contribution in [3.8, 4) is 5.75 Å². The van der Waals surface area contributed by atoms with E-state index in [1.54, 1.807) is 0 Å². The van der Waals surface area contributed by atoms with Gasteiger partial charge in [0, 0.05) is 0 Å². The van der Waals surface area contributed by atoms with Crippen LogP contribution in [0.5, 0.6) is 5.75 Å². The fourth-order valence-electron chi connectivity index (χ4n) is 2.41. The van der Waals surface area contributed by atoms with Crippen LogP contribution in [0.4, 0.5) is 17.1 Å². The molecule has 12 heteroatoms. The zero-order chi connectivity index (χ0) is 23.0. The summed E-state index contributed by atoms with van der Waals surface area (Å²) < 4.78 is 0. The van der Waals surface area contributed by atoms with Gasteiger partial charge in [-0.05, 0) is 23.5 Å². The number of aromatic hydroxyl groups is 1.